The summed E-state index contributed by atoms with van der Waals surface area (Å²) in [5.74, 6) is 0.557. The topological polar surface area (TPSA) is 55.0 Å². The molecular formula is C15H13FN4. The van der Waals surface area contributed by atoms with Crippen LogP contribution in [0.3, 0.4) is 0 Å². The van der Waals surface area contributed by atoms with Crippen LogP contribution in [0.1, 0.15) is 0 Å². The third-order valence-electron chi connectivity index (χ3n) is 3.11. The summed E-state index contributed by atoms with van der Waals surface area (Å²) in [5, 5.41) is 0.869. The van der Waals surface area contributed by atoms with Crippen LogP contribution in [0.15, 0.2) is 48.5 Å². The molecule has 0 unspecified atom stereocenters. The molecule has 2 N–H and O–H groups in total. The molecule has 0 bridgehead atoms. The van der Waals surface area contributed by atoms with Gasteiger partial charge < -0.3 is 10.6 Å². The first-order chi connectivity index (χ1) is 9.65. The van der Waals surface area contributed by atoms with Gasteiger partial charge in [-0.05, 0) is 30.3 Å². The zero-order chi connectivity index (χ0) is 14.1. The lowest BCUT2D eigenvalue weighted by molar-refractivity contribution is 0.628. The summed E-state index contributed by atoms with van der Waals surface area (Å²) in [5.41, 5.74) is 7.21. The van der Waals surface area contributed by atoms with E-state index >= 15 is 0 Å². The third-order valence-corrected chi connectivity index (χ3v) is 3.11. The normalized spacial score (nSPS) is 10.7. The number of para-hydroxylation sites is 1. The number of fused-ring (bicyclic) bond motifs is 1. The highest BCUT2D eigenvalue weighted by atomic mass is 19.1. The lowest BCUT2D eigenvalue weighted by atomic mass is 10.2. The molecule has 3 aromatic rings. The molecule has 0 radical (unpaired) electrons. The first kappa shape index (κ1) is 12.3. The molecule has 3 rings (SSSR count). The molecule has 4 nitrogen and oxygen atoms in total. The zero-order valence-electron chi connectivity index (χ0n) is 10.9. The quantitative estimate of drug-likeness (QED) is 0.775. The summed E-state index contributed by atoms with van der Waals surface area (Å²) < 4.78 is 13.4. The highest BCUT2D eigenvalue weighted by Gasteiger charge is 2.12. The summed E-state index contributed by atoms with van der Waals surface area (Å²) in [6.45, 7) is 0. The Morgan fingerprint density at radius 3 is 2.65 bits per heavy atom. The maximum atomic E-state index is 13.4. The SMILES string of the molecule is CN(c1cccc(F)c1)c1nc(N)nc2ccccc12. The molecule has 0 amide bonds. The molecule has 20 heavy (non-hydrogen) atoms. The minimum absolute atomic E-state index is 0.196. The van der Waals surface area contributed by atoms with E-state index < -0.39 is 0 Å². The smallest absolute Gasteiger partial charge is 0.222 e. The zero-order valence-corrected chi connectivity index (χ0v) is 10.9. The van der Waals surface area contributed by atoms with Crippen molar-refractivity contribution in [2.45, 2.75) is 0 Å². The van der Waals surface area contributed by atoms with Crippen LogP contribution in [-0.2, 0) is 0 Å². The number of aromatic nitrogens is 2. The van der Waals surface area contributed by atoms with E-state index in [2.05, 4.69) is 9.97 Å². The average Bonchev–Trinajstić information content (AvgIpc) is 2.45. The molecule has 1 aromatic heterocycles. The summed E-state index contributed by atoms with van der Waals surface area (Å²) in [6.07, 6.45) is 0. The van der Waals surface area contributed by atoms with E-state index in [0.717, 1.165) is 10.9 Å². The van der Waals surface area contributed by atoms with Crippen LogP contribution in [0, 0.1) is 5.82 Å². The molecule has 0 spiro atoms. The molecule has 0 saturated heterocycles. The Balaban J connectivity index is 2.18. The van der Waals surface area contributed by atoms with E-state index in [0.29, 0.717) is 11.5 Å². The van der Waals surface area contributed by atoms with Gasteiger partial charge in [0.25, 0.3) is 0 Å². The van der Waals surface area contributed by atoms with E-state index in [9.17, 15) is 4.39 Å². The Kier molecular flexibility index (Phi) is 2.95. The lowest BCUT2D eigenvalue weighted by Gasteiger charge is -2.20. The number of rotatable bonds is 2. The van der Waals surface area contributed by atoms with Crippen LogP contribution in [0.4, 0.5) is 21.8 Å². The van der Waals surface area contributed by atoms with Crippen molar-refractivity contribution in [1.82, 2.24) is 9.97 Å². The summed E-state index contributed by atoms with van der Waals surface area (Å²) in [4.78, 5) is 10.3. The Labute approximate surface area is 115 Å². The van der Waals surface area contributed by atoms with Crippen LogP contribution in [0.5, 0.6) is 0 Å². The van der Waals surface area contributed by atoms with Crippen molar-refractivity contribution in [3.05, 3.63) is 54.3 Å². The van der Waals surface area contributed by atoms with Gasteiger partial charge in [-0.2, -0.15) is 4.98 Å². The largest absolute Gasteiger partial charge is 0.368 e. The van der Waals surface area contributed by atoms with Crippen LogP contribution in [0.2, 0.25) is 0 Å². The van der Waals surface area contributed by atoms with Crippen LogP contribution < -0.4 is 10.6 Å². The van der Waals surface area contributed by atoms with Gasteiger partial charge in [0.05, 0.1) is 5.52 Å². The molecular weight excluding hydrogens is 255 g/mol. The first-order valence-electron chi connectivity index (χ1n) is 6.17. The van der Waals surface area contributed by atoms with Crippen molar-refractivity contribution < 1.29 is 4.39 Å². The summed E-state index contributed by atoms with van der Waals surface area (Å²) >= 11 is 0. The van der Waals surface area contributed by atoms with Gasteiger partial charge in [-0.15, -0.1) is 0 Å². The molecule has 0 saturated carbocycles. The predicted octanol–water partition coefficient (Wildman–Crippen LogP) is 3.12. The maximum Gasteiger partial charge on any atom is 0.222 e. The van der Waals surface area contributed by atoms with Gasteiger partial charge in [-0.1, -0.05) is 18.2 Å². The van der Waals surface area contributed by atoms with Gasteiger partial charge >= 0.3 is 0 Å². The van der Waals surface area contributed by atoms with E-state index in [1.165, 1.54) is 12.1 Å². The van der Waals surface area contributed by atoms with E-state index in [1.807, 2.05) is 37.4 Å². The van der Waals surface area contributed by atoms with Crippen molar-refractivity contribution in [2.24, 2.45) is 0 Å². The Bertz CT molecular complexity index is 773. The fourth-order valence-electron chi connectivity index (χ4n) is 2.14. The number of hydrogen-bond donors (Lipinski definition) is 1. The second kappa shape index (κ2) is 4.77. The number of hydrogen-bond acceptors (Lipinski definition) is 4. The van der Waals surface area contributed by atoms with Crippen molar-refractivity contribution in [3.63, 3.8) is 0 Å². The molecule has 0 aliphatic heterocycles. The molecule has 5 heteroatoms. The number of benzene rings is 2. The highest BCUT2D eigenvalue weighted by Crippen LogP contribution is 2.29. The Morgan fingerprint density at radius 2 is 1.85 bits per heavy atom. The molecule has 0 aliphatic carbocycles. The van der Waals surface area contributed by atoms with E-state index in [1.54, 1.807) is 11.0 Å². The standard InChI is InChI=1S/C15H13FN4/c1-20(11-6-4-5-10(16)9-11)14-12-7-2-3-8-13(12)18-15(17)19-14/h2-9H,1H3,(H2,17,18,19). The second-order valence-electron chi connectivity index (χ2n) is 4.46. The van der Waals surface area contributed by atoms with E-state index in [4.69, 9.17) is 5.73 Å². The number of nitrogens with zero attached hydrogens (tertiary/aromatic N) is 3. The van der Waals surface area contributed by atoms with Crippen molar-refractivity contribution in [1.29, 1.82) is 0 Å². The first-order valence-corrected chi connectivity index (χ1v) is 6.17. The minimum Gasteiger partial charge on any atom is -0.368 e. The number of halogens is 1. The van der Waals surface area contributed by atoms with Crippen LogP contribution in [0.25, 0.3) is 10.9 Å². The fraction of sp³-hybridized carbons (Fsp3) is 0.0667. The average molecular weight is 268 g/mol. The Morgan fingerprint density at radius 1 is 1.05 bits per heavy atom. The maximum absolute atomic E-state index is 13.4. The van der Waals surface area contributed by atoms with Gasteiger partial charge in [0.1, 0.15) is 11.6 Å². The molecule has 0 atom stereocenters. The Hall–Kier alpha value is -2.69. The number of anilines is 3. The predicted molar refractivity (Wildman–Crippen MR) is 78.4 cm³/mol. The minimum atomic E-state index is -0.291. The highest BCUT2D eigenvalue weighted by molar-refractivity contribution is 5.92. The van der Waals surface area contributed by atoms with Gasteiger partial charge in [0.2, 0.25) is 5.95 Å². The van der Waals surface area contributed by atoms with Gasteiger partial charge in [0, 0.05) is 18.1 Å². The summed E-state index contributed by atoms with van der Waals surface area (Å²) in [6, 6.07) is 13.9. The fourth-order valence-corrected chi connectivity index (χ4v) is 2.14. The van der Waals surface area contributed by atoms with Gasteiger partial charge in [0.15, 0.2) is 0 Å². The van der Waals surface area contributed by atoms with E-state index in [-0.39, 0.29) is 11.8 Å². The summed E-state index contributed by atoms with van der Waals surface area (Å²) in [7, 11) is 1.82. The van der Waals surface area contributed by atoms with Gasteiger partial charge in [-0.3, -0.25) is 0 Å². The van der Waals surface area contributed by atoms with Crippen LogP contribution in [-0.4, -0.2) is 17.0 Å². The van der Waals surface area contributed by atoms with Crippen molar-refractivity contribution in [2.75, 3.05) is 17.7 Å². The molecule has 2 aromatic carbocycles. The number of nitrogen functional groups attached to an aromatic ring is 1. The molecule has 100 valence electrons. The molecule has 0 aliphatic rings. The van der Waals surface area contributed by atoms with Crippen molar-refractivity contribution in [3.8, 4) is 0 Å². The lowest BCUT2D eigenvalue weighted by Crippen LogP contribution is -2.13. The molecule has 1 heterocycles. The second-order valence-corrected chi connectivity index (χ2v) is 4.46. The number of nitrogens with two attached hydrogens (primary N) is 1. The van der Waals surface area contributed by atoms with Crippen LogP contribution >= 0.6 is 0 Å². The third kappa shape index (κ3) is 2.14. The molecule has 0 fully saturated rings. The van der Waals surface area contributed by atoms with Crippen molar-refractivity contribution >= 4 is 28.4 Å². The van der Waals surface area contributed by atoms with Gasteiger partial charge in [-0.25, -0.2) is 9.37 Å². The monoisotopic (exact) mass is 268 g/mol.